The molecule has 0 aromatic heterocycles. The number of carbonyl (C=O) groups excluding carboxylic acids is 1. The van der Waals surface area contributed by atoms with E-state index >= 15 is 0 Å². The van der Waals surface area contributed by atoms with E-state index in [1.807, 2.05) is 6.08 Å². The lowest BCUT2D eigenvalue weighted by Gasteiger charge is -2.19. The van der Waals surface area contributed by atoms with Crippen molar-refractivity contribution in [1.82, 2.24) is 5.32 Å². The topological polar surface area (TPSA) is 69.6 Å². The van der Waals surface area contributed by atoms with E-state index in [4.69, 9.17) is 0 Å². The Balaban J connectivity index is 3.67. The third-order valence-corrected chi connectivity index (χ3v) is 7.17. The summed E-state index contributed by atoms with van der Waals surface area (Å²) in [6.45, 7) is 4.10. The van der Waals surface area contributed by atoms with E-state index in [0.29, 0.717) is 6.42 Å². The third-order valence-electron chi connectivity index (χ3n) is 7.17. The summed E-state index contributed by atoms with van der Waals surface area (Å²) in [4.78, 5) is 12.3. The third kappa shape index (κ3) is 29.3. The number of rotatable bonds is 29. The van der Waals surface area contributed by atoms with Crippen molar-refractivity contribution in [3.63, 3.8) is 0 Å². The summed E-state index contributed by atoms with van der Waals surface area (Å²) in [6, 6.07) is -0.644. The summed E-state index contributed by atoms with van der Waals surface area (Å²) in [7, 11) is 0. The second-order valence-corrected chi connectivity index (χ2v) is 11.2. The first-order valence-electron chi connectivity index (χ1n) is 17.2. The monoisotopic (exact) mass is 583 g/mol. The molecular weight excluding hydrogens is 518 g/mol. The van der Waals surface area contributed by atoms with Gasteiger partial charge in [0.1, 0.15) is 0 Å². The number of carbonyl (C=O) groups is 1. The molecule has 0 rings (SSSR count). The molecule has 42 heavy (non-hydrogen) atoms. The first-order chi connectivity index (χ1) is 20.7. The fourth-order valence-corrected chi connectivity index (χ4v) is 4.53. The molecule has 0 saturated heterocycles. The van der Waals surface area contributed by atoms with Crippen LogP contribution in [0.4, 0.5) is 0 Å². The maximum Gasteiger partial charge on any atom is 0.220 e. The Kier molecular flexibility index (Phi) is 31.6. The Hall–Kier alpha value is -2.17. The highest BCUT2D eigenvalue weighted by molar-refractivity contribution is 5.76. The number of hydrogen-bond acceptors (Lipinski definition) is 3. The van der Waals surface area contributed by atoms with Crippen LogP contribution in [-0.2, 0) is 4.79 Å². The SMILES string of the molecule is CC/C=C\C/C=C\C/C=C\C/C=C\CCCCCCCCCCC(=O)NC(CO)C(O)/C=C/CC/C=C/CCCCC. The van der Waals surface area contributed by atoms with E-state index in [9.17, 15) is 15.0 Å². The van der Waals surface area contributed by atoms with E-state index in [1.54, 1.807) is 6.08 Å². The van der Waals surface area contributed by atoms with Crippen LogP contribution < -0.4 is 5.32 Å². The molecule has 2 atom stereocenters. The highest BCUT2D eigenvalue weighted by Gasteiger charge is 2.17. The highest BCUT2D eigenvalue weighted by atomic mass is 16.3. The van der Waals surface area contributed by atoms with Crippen LogP contribution in [0.1, 0.15) is 142 Å². The number of allylic oxidation sites excluding steroid dienone is 11. The second kappa shape index (κ2) is 33.3. The molecule has 4 heteroatoms. The lowest BCUT2D eigenvalue weighted by atomic mass is 10.1. The van der Waals surface area contributed by atoms with E-state index in [-0.39, 0.29) is 12.5 Å². The Labute approximate surface area is 259 Å². The van der Waals surface area contributed by atoms with Gasteiger partial charge >= 0.3 is 0 Å². The molecule has 0 saturated carbocycles. The molecule has 0 spiro atoms. The van der Waals surface area contributed by atoms with Gasteiger partial charge < -0.3 is 15.5 Å². The smallest absolute Gasteiger partial charge is 0.220 e. The van der Waals surface area contributed by atoms with E-state index < -0.39 is 12.1 Å². The van der Waals surface area contributed by atoms with Gasteiger partial charge in [-0.15, -0.1) is 0 Å². The fourth-order valence-electron chi connectivity index (χ4n) is 4.53. The van der Waals surface area contributed by atoms with Crippen LogP contribution in [0.25, 0.3) is 0 Å². The largest absolute Gasteiger partial charge is 0.394 e. The van der Waals surface area contributed by atoms with E-state index in [2.05, 4.69) is 79.9 Å². The average molecular weight is 584 g/mol. The summed E-state index contributed by atoms with van der Waals surface area (Å²) in [6.07, 6.45) is 47.0. The molecule has 1 amide bonds. The summed E-state index contributed by atoms with van der Waals surface area (Å²) >= 11 is 0. The van der Waals surface area contributed by atoms with Gasteiger partial charge in [-0.3, -0.25) is 4.79 Å². The molecule has 0 aromatic carbocycles. The zero-order valence-electron chi connectivity index (χ0n) is 27.2. The first kappa shape index (κ1) is 39.8. The molecule has 0 fully saturated rings. The predicted molar refractivity (Wildman–Crippen MR) is 184 cm³/mol. The molecule has 0 heterocycles. The van der Waals surface area contributed by atoms with Gasteiger partial charge in [-0.25, -0.2) is 0 Å². The molecular formula is C38H65NO3. The van der Waals surface area contributed by atoms with Crippen molar-refractivity contribution < 1.29 is 15.0 Å². The Morgan fingerprint density at radius 1 is 0.595 bits per heavy atom. The van der Waals surface area contributed by atoms with Crippen LogP contribution in [-0.4, -0.2) is 34.9 Å². The quantitative estimate of drug-likeness (QED) is 0.0606. The Morgan fingerprint density at radius 3 is 1.67 bits per heavy atom. The van der Waals surface area contributed by atoms with Crippen LogP contribution in [0, 0.1) is 0 Å². The summed E-state index contributed by atoms with van der Waals surface area (Å²) in [5, 5.41) is 22.7. The highest BCUT2D eigenvalue weighted by Crippen LogP contribution is 2.11. The van der Waals surface area contributed by atoms with Crippen molar-refractivity contribution in [3.05, 3.63) is 72.9 Å². The zero-order chi connectivity index (χ0) is 30.8. The normalized spacial score (nSPS) is 14.1. The molecule has 0 radical (unpaired) electrons. The molecule has 0 aliphatic heterocycles. The van der Waals surface area contributed by atoms with Gasteiger partial charge in [-0.2, -0.15) is 0 Å². The van der Waals surface area contributed by atoms with Crippen molar-refractivity contribution >= 4 is 5.91 Å². The standard InChI is InChI=1S/C38H65NO3/c1-3-5-7-9-11-13-14-15-16-17-18-19-20-21-22-23-24-26-28-30-32-34-38(42)39-36(35-40)37(41)33-31-29-27-25-12-10-8-6-4-2/h5,7,11-13,15-16,18-19,25,31,33,36-37,40-41H,3-4,6,8-10,14,17,20-24,26-30,32,34-35H2,1-2H3,(H,39,42)/b7-5-,13-11-,16-15-,19-18-,25-12+,33-31+. The van der Waals surface area contributed by atoms with Crippen LogP contribution in [0.15, 0.2) is 72.9 Å². The van der Waals surface area contributed by atoms with Crippen molar-refractivity contribution in [2.45, 2.75) is 154 Å². The number of aliphatic hydroxyl groups excluding tert-OH is 2. The number of amides is 1. The minimum absolute atomic E-state index is 0.0904. The summed E-state index contributed by atoms with van der Waals surface area (Å²) in [5.41, 5.74) is 0. The summed E-state index contributed by atoms with van der Waals surface area (Å²) in [5.74, 6) is -0.0904. The minimum Gasteiger partial charge on any atom is -0.394 e. The van der Waals surface area contributed by atoms with Gasteiger partial charge in [-0.05, 0) is 70.6 Å². The fraction of sp³-hybridized carbons (Fsp3) is 0.658. The lowest BCUT2D eigenvalue weighted by Crippen LogP contribution is -2.45. The molecule has 0 bridgehead atoms. The van der Waals surface area contributed by atoms with Gasteiger partial charge in [0.2, 0.25) is 5.91 Å². The van der Waals surface area contributed by atoms with Crippen LogP contribution in [0.3, 0.4) is 0 Å². The van der Waals surface area contributed by atoms with Crippen LogP contribution in [0.2, 0.25) is 0 Å². The van der Waals surface area contributed by atoms with Gasteiger partial charge in [0.15, 0.2) is 0 Å². The Morgan fingerprint density at radius 2 is 1.07 bits per heavy atom. The number of aliphatic hydroxyl groups is 2. The minimum atomic E-state index is -0.865. The van der Waals surface area contributed by atoms with Gasteiger partial charge in [0, 0.05) is 6.42 Å². The van der Waals surface area contributed by atoms with Crippen LogP contribution >= 0.6 is 0 Å². The average Bonchev–Trinajstić information content (AvgIpc) is 2.99. The molecule has 0 aliphatic rings. The molecule has 240 valence electrons. The molecule has 2 unspecified atom stereocenters. The summed E-state index contributed by atoms with van der Waals surface area (Å²) < 4.78 is 0. The van der Waals surface area contributed by atoms with Gasteiger partial charge in [0.25, 0.3) is 0 Å². The van der Waals surface area contributed by atoms with Crippen molar-refractivity contribution in [2.75, 3.05) is 6.61 Å². The molecule has 4 nitrogen and oxygen atoms in total. The van der Waals surface area contributed by atoms with Crippen molar-refractivity contribution in [1.29, 1.82) is 0 Å². The predicted octanol–water partition coefficient (Wildman–Crippen LogP) is 10.0. The molecule has 0 aliphatic carbocycles. The Bertz CT molecular complexity index is 762. The maximum atomic E-state index is 12.3. The lowest BCUT2D eigenvalue weighted by molar-refractivity contribution is -0.123. The van der Waals surface area contributed by atoms with Gasteiger partial charge in [0.05, 0.1) is 18.8 Å². The van der Waals surface area contributed by atoms with E-state index in [0.717, 1.165) is 64.2 Å². The second-order valence-electron chi connectivity index (χ2n) is 11.2. The van der Waals surface area contributed by atoms with Crippen molar-refractivity contribution in [3.8, 4) is 0 Å². The number of hydrogen-bond donors (Lipinski definition) is 3. The first-order valence-corrected chi connectivity index (χ1v) is 17.2. The maximum absolute atomic E-state index is 12.3. The molecule has 0 aromatic rings. The van der Waals surface area contributed by atoms with E-state index in [1.165, 1.54) is 57.8 Å². The zero-order valence-corrected chi connectivity index (χ0v) is 27.2. The number of unbranched alkanes of at least 4 members (excludes halogenated alkanes) is 12. The van der Waals surface area contributed by atoms with Gasteiger partial charge in [-0.1, -0.05) is 138 Å². The number of nitrogens with one attached hydrogen (secondary N) is 1. The van der Waals surface area contributed by atoms with Crippen molar-refractivity contribution in [2.24, 2.45) is 0 Å². The molecule has 3 N–H and O–H groups in total. The van der Waals surface area contributed by atoms with Crippen LogP contribution in [0.5, 0.6) is 0 Å².